The molecule has 0 aliphatic carbocycles. The summed E-state index contributed by atoms with van der Waals surface area (Å²) >= 11 is 6.13. The fourth-order valence-corrected chi connectivity index (χ4v) is 2.37. The zero-order valence-corrected chi connectivity index (χ0v) is 12.6. The molecule has 2 heterocycles. The molecule has 0 saturated heterocycles. The Kier molecular flexibility index (Phi) is 4.02. The molecule has 0 aliphatic heterocycles. The topological polar surface area (TPSA) is 55.4 Å². The lowest BCUT2D eigenvalue weighted by atomic mass is 10.2. The number of nitrogens with one attached hydrogen (secondary N) is 1. The van der Waals surface area contributed by atoms with E-state index in [9.17, 15) is 4.79 Å². The lowest BCUT2D eigenvalue weighted by Crippen LogP contribution is -2.25. The van der Waals surface area contributed by atoms with Crippen molar-refractivity contribution in [2.45, 2.75) is 13.0 Å². The minimum absolute atomic E-state index is 0.230. The van der Waals surface area contributed by atoms with E-state index < -0.39 is 0 Å². The molecule has 0 bridgehead atoms. The molecule has 1 N–H and O–H groups in total. The van der Waals surface area contributed by atoms with Gasteiger partial charge >= 0.3 is 0 Å². The summed E-state index contributed by atoms with van der Waals surface area (Å²) in [6, 6.07) is 14.0. The van der Waals surface area contributed by atoms with Crippen molar-refractivity contribution in [1.82, 2.24) is 5.32 Å². The zero-order chi connectivity index (χ0) is 15.5. The summed E-state index contributed by atoms with van der Waals surface area (Å²) in [4.78, 5) is 12.2. The van der Waals surface area contributed by atoms with Crippen LogP contribution in [0.4, 0.5) is 0 Å². The Morgan fingerprint density at radius 3 is 2.68 bits per heavy atom. The summed E-state index contributed by atoms with van der Waals surface area (Å²) in [5, 5.41) is 3.40. The number of furan rings is 2. The molecule has 3 rings (SSSR count). The van der Waals surface area contributed by atoms with Crippen molar-refractivity contribution >= 4 is 17.5 Å². The number of benzene rings is 1. The highest BCUT2D eigenvalue weighted by Crippen LogP contribution is 2.29. The van der Waals surface area contributed by atoms with Crippen molar-refractivity contribution in [2.75, 3.05) is 0 Å². The standard InChI is InChI=1S/C17H14ClNO3/c1-11(14-7-4-10-21-14)19-17(20)16-9-8-15(22-16)12-5-2-3-6-13(12)18/h2-11H,1H3,(H,19,20)/t11-/m1/s1. The van der Waals surface area contributed by atoms with Gasteiger partial charge in [-0.3, -0.25) is 4.79 Å². The van der Waals surface area contributed by atoms with Gasteiger partial charge in [-0.2, -0.15) is 0 Å². The summed E-state index contributed by atoms with van der Waals surface area (Å²) in [6.07, 6.45) is 1.57. The summed E-state index contributed by atoms with van der Waals surface area (Å²) in [5.41, 5.74) is 0.752. The van der Waals surface area contributed by atoms with E-state index in [1.807, 2.05) is 31.2 Å². The number of hydrogen-bond acceptors (Lipinski definition) is 3. The normalized spacial score (nSPS) is 12.1. The molecule has 2 aromatic heterocycles. The first kappa shape index (κ1) is 14.5. The molecular formula is C17H14ClNO3. The van der Waals surface area contributed by atoms with Crippen molar-refractivity contribution in [3.8, 4) is 11.3 Å². The van der Waals surface area contributed by atoms with Gasteiger partial charge < -0.3 is 14.2 Å². The van der Waals surface area contributed by atoms with Gasteiger partial charge in [-0.05, 0) is 43.3 Å². The van der Waals surface area contributed by atoms with Crippen LogP contribution in [-0.4, -0.2) is 5.91 Å². The Hall–Kier alpha value is -2.46. The molecule has 0 unspecified atom stereocenters. The predicted octanol–water partition coefficient (Wildman–Crippen LogP) is 4.68. The lowest BCUT2D eigenvalue weighted by Gasteiger charge is -2.09. The summed E-state index contributed by atoms with van der Waals surface area (Å²) in [5.74, 6) is 1.17. The van der Waals surface area contributed by atoms with Gasteiger partial charge in [0.25, 0.3) is 5.91 Å². The van der Waals surface area contributed by atoms with Gasteiger partial charge in [0.05, 0.1) is 17.3 Å². The highest BCUT2D eigenvalue weighted by Gasteiger charge is 2.17. The number of carbonyl (C=O) groups excluding carboxylic acids is 1. The Morgan fingerprint density at radius 2 is 1.95 bits per heavy atom. The molecule has 1 atom stereocenters. The van der Waals surface area contributed by atoms with Crippen LogP contribution in [0, 0.1) is 0 Å². The molecule has 0 radical (unpaired) electrons. The second kappa shape index (κ2) is 6.12. The SMILES string of the molecule is C[C@@H](NC(=O)c1ccc(-c2ccccc2Cl)o1)c1ccco1. The van der Waals surface area contributed by atoms with Crippen LogP contribution in [0.5, 0.6) is 0 Å². The highest BCUT2D eigenvalue weighted by atomic mass is 35.5. The van der Waals surface area contributed by atoms with Crippen LogP contribution in [-0.2, 0) is 0 Å². The fourth-order valence-electron chi connectivity index (χ4n) is 2.14. The summed E-state index contributed by atoms with van der Waals surface area (Å²) in [7, 11) is 0. The van der Waals surface area contributed by atoms with Crippen LogP contribution in [0.2, 0.25) is 5.02 Å². The predicted molar refractivity (Wildman–Crippen MR) is 83.7 cm³/mol. The molecule has 0 spiro atoms. The third kappa shape index (κ3) is 2.92. The van der Waals surface area contributed by atoms with Crippen molar-refractivity contribution < 1.29 is 13.6 Å². The molecule has 1 aromatic carbocycles. The summed E-state index contributed by atoms with van der Waals surface area (Å²) in [6.45, 7) is 1.84. The van der Waals surface area contributed by atoms with Crippen molar-refractivity contribution in [2.24, 2.45) is 0 Å². The number of carbonyl (C=O) groups is 1. The van der Waals surface area contributed by atoms with Crippen LogP contribution in [0.3, 0.4) is 0 Å². The summed E-state index contributed by atoms with van der Waals surface area (Å²) < 4.78 is 10.9. The highest BCUT2D eigenvalue weighted by molar-refractivity contribution is 6.33. The van der Waals surface area contributed by atoms with Gasteiger partial charge in [-0.15, -0.1) is 0 Å². The number of hydrogen-bond donors (Lipinski definition) is 1. The molecule has 3 aromatic rings. The second-order valence-electron chi connectivity index (χ2n) is 4.85. The molecule has 112 valence electrons. The molecule has 0 fully saturated rings. The van der Waals surface area contributed by atoms with Crippen LogP contribution < -0.4 is 5.32 Å². The maximum atomic E-state index is 12.2. The molecule has 5 heteroatoms. The van der Waals surface area contributed by atoms with Gasteiger partial charge in [0, 0.05) is 5.56 Å². The molecule has 4 nitrogen and oxygen atoms in total. The van der Waals surface area contributed by atoms with Gasteiger partial charge in [0.2, 0.25) is 0 Å². The van der Waals surface area contributed by atoms with Crippen LogP contribution in [0.15, 0.2) is 63.6 Å². The number of halogens is 1. The van der Waals surface area contributed by atoms with E-state index >= 15 is 0 Å². The third-order valence-corrected chi connectivity index (χ3v) is 3.62. The molecular weight excluding hydrogens is 302 g/mol. The molecule has 22 heavy (non-hydrogen) atoms. The lowest BCUT2D eigenvalue weighted by molar-refractivity contribution is 0.0908. The van der Waals surface area contributed by atoms with E-state index in [2.05, 4.69) is 5.32 Å². The average molecular weight is 316 g/mol. The van der Waals surface area contributed by atoms with Gasteiger partial charge in [0.15, 0.2) is 5.76 Å². The van der Waals surface area contributed by atoms with Gasteiger partial charge in [0.1, 0.15) is 11.5 Å². The molecule has 0 aliphatic rings. The maximum Gasteiger partial charge on any atom is 0.287 e. The first-order chi connectivity index (χ1) is 10.6. The van der Waals surface area contributed by atoms with E-state index in [-0.39, 0.29) is 17.7 Å². The van der Waals surface area contributed by atoms with Gasteiger partial charge in [-0.25, -0.2) is 0 Å². The van der Waals surface area contributed by atoms with Gasteiger partial charge in [-0.1, -0.05) is 23.7 Å². The average Bonchev–Trinajstić information content (AvgIpc) is 3.19. The van der Waals surface area contributed by atoms with Crippen LogP contribution in [0.25, 0.3) is 11.3 Å². The largest absolute Gasteiger partial charge is 0.467 e. The molecule has 1 amide bonds. The van der Waals surface area contributed by atoms with E-state index in [1.54, 1.807) is 30.5 Å². The van der Waals surface area contributed by atoms with E-state index in [0.29, 0.717) is 16.5 Å². The Bertz CT molecular complexity index is 777. The first-order valence-corrected chi connectivity index (χ1v) is 7.22. The first-order valence-electron chi connectivity index (χ1n) is 6.84. The Morgan fingerprint density at radius 1 is 1.14 bits per heavy atom. The van der Waals surface area contributed by atoms with E-state index in [1.165, 1.54) is 0 Å². The quantitative estimate of drug-likeness (QED) is 0.760. The molecule has 0 saturated carbocycles. The fraction of sp³-hybridized carbons (Fsp3) is 0.118. The van der Waals surface area contributed by atoms with Crippen molar-refractivity contribution in [1.29, 1.82) is 0 Å². The number of rotatable bonds is 4. The zero-order valence-electron chi connectivity index (χ0n) is 11.9. The van der Waals surface area contributed by atoms with Crippen LogP contribution >= 0.6 is 11.6 Å². The second-order valence-corrected chi connectivity index (χ2v) is 5.26. The number of amides is 1. The van der Waals surface area contributed by atoms with Crippen molar-refractivity contribution in [3.05, 3.63) is 71.3 Å². The Labute approximate surface area is 132 Å². The van der Waals surface area contributed by atoms with E-state index in [0.717, 1.165) is 5.56 Å². The van der Waals surface area contributed by atoms with E-state index in [4.69, 9.17) is 20.4 Å². The minimum atomic E-state index is -0.304. The smallest absolute Gasteiger partial charge is 0.287 e. The van der Waals surface area contributed by atoms with Crippen molar-refractivity contribution in [3.63, 3.8) is 0 Å². The monoisotopic (exact) mass is 315 g/mol. The minimum Gasteiger partial charge on any atom is -0.467 e. The third-order valence-electron chi connectivity index (χ3n) is 3.29. The Balaban J connectivity index is 1.76. The maximum absolute atomic E-state index is 12.2. The van der Waals surface area contributed by atoms with Crippen LogP contribution in [0.1, 0.15) is 29.3 Å².